The number of hydrogen-bond donors (Lipinski definition) is 1. The maximum atomic E-state index is 12.1. The summed E-state index contributed by atoms with van der Waals surface area (Å²) in [6.07, 6.45) is 3.39. The molecular weight excluding hydrogens is 234 g/mol. The van der Waals surface area contributed by atoms with Crippen molar-refractivity contribution in [1.29, 1.82) is 0 Å². The van der Waals surface area contributed by atoms with E-state index in [0.29, 0.717) is 10.2 Å². The summed E-state index contributed by atoms with van der Waals surface area (Å²) in [5.41, 5.74) is 0. The summed E-state index contributed by atoms with van der Waals surface area (Å²) in [5, 5.41) is 4.25. The van der Waals surface area contributed by atoms with Crippen LogP contribution >= 0.6 is 11.6 Å². The second-order valence-electron chi connectivity index (χ2n) is 3.44. The minimum absolute atomic E-state index is 0.143. The SMILES string of the molecule is O=[S@@](c1cc(Cl)ncn1)[C@H]1CCCNC1. The molecule has 82 valence electrons. The van der Waals surface area contributed by atoms with E-state index in [-0.39, 0.29) is 5.25 Å². The van der Waals surface area contributed by atoms with Crippen molar-refractivity contribution in [1.82, 2.24) is 15.3 Å². The van der Waals surface area contributed by atoms with Crippen molar-refractivity contribution in [3.05, 3.63) is 17.5 Å². The van der Waals surface area contributed by atoms with Crippen LogP contribution in [0.1, 0.15) is 12.8 Å². The molecule has 1 N–H and O–H groups in total. The highest BCUT2D eigenvalue weighted by Gasteiger charge is 2.21. The van der Waals surface area contributed by atoms with Crippen molar-refractivity contribution in [3.8, 4) is 0 Å². The van der Waals surface area contributed by atoms with Crippen LogP contribution in [0.15, 0.2) is 17.4 Å². The summed E-state index contributed by atoms with van der Waals surface area (Å²) in [6.45, 7) is 1.80. The number of hydrogen-bond acceptors (Lipinski definition) is 4. The van der Waals surface area contributed by atoms with Gasteiger partial charge in [-0.3, -0.25) is 4.21 Å². The Kier molecular flexibility index (Phi) is 3.66. The van der Waals surface area contributed by atoms with Crippen LogP contribution in [0.5, 0.6) is 0 Å². The Balaban J connectivity index is 2.12. The number of aromatic nitrogens is 2. The Morgan fingerprint density at radius 1 is 1.53 bits per heavy atom. The van der Waals surface area contributed by atoms with E-state index in [1.165, 1.54) is 6.33 Å². The number of rotatable bonds is 2. The van der Waals surface area contributed by atoms with Gasteiger partial charge >= 0.3 is 0 Å². The molecule has 1 aromatic rings. The molecule has 1 aliphatic heterocycles. The van der Waals surface area contributed by atoms with E-state index in [2.05, 4.69) is 15.3 Å². The zero-order valence-electron chi connectivity index (χ0n) is 8.15. The molecule has 4 nitrogen and oxygen atoms in total. The average molecular weight is 246 g/mol. The standard InChI is InChI=1S/C9H12ClN3OS/c10-8-4-9(13-6-12-8)15(14)7-2-1-3-11-5-7/h4,6-7,11H,1-3,5H2/t7-,15+/m0/s1. The maximum absolute atomic E-state index is 12.1. The zero-order valence-corrected chi connectivity index (χ0v) is 9.72. The molecule has 0 bridgehead atoms. The molecule has 1 fully saturated rings. The normalized spacial score (nSPS) is 23.7. The van der Waals surface area contributed by atoms with Crippen LogP contribution in [0, 0.1) is 0 Å². The van der Waals surface area contributed by atoms with Crippen LogP contribution in [-0.4, -0.2) is 32.5 Å². The fourth-order valence-electron chi connectivity index (χ4n) is 1.60. The second kappa shape index (κ2) is 5.01. The minimum atomic E-state index is -1.08. The van der Waals surface area contributed by atoms with Crippen LogP contribution in [0.3, 0.4) is 0 Å². The minimum Gasteiger partial charge on any atom is -0.316 e. The molecule has 1 saturated heterocycles. The Morgan fingerprint density at radius 2 is 2.40 bits per heavy atom. The Labute approximate surface area is 95.9 Å². The number of nitrogens with zero attached hydrogens (tertiary/aromatic N) is 2. The summed E-state index contributed by atoms with van der Waals surface area (Å²) < 4.78 is 12.1. The lowest BCUT2D eigenvalue weighted by Crippen LogP contribution is -2.36. The van der Waals surface area contributed by atoms with Crippen LogP contribution in [0.4, 0.5) is 0 Å². The van der Waals surface area contributed by atoms with Crippen molar-refractivity contribution in [2.24, 2.45) is 0 Å². The molecule has 0 aliphatic carbocycles. The van der Waals surface area contributed by atoms with Gasteiger partial charge in [0.15, 0.2) is 0 Å². The first-order chi connectivity index (χ1) is 7.27. The van der Waals surface area contributed by atoms with Gasteiger partial charge in [0.1, 0.15) is 16.5 Å². The van der Waals surface area contributed by atoms with Crippen LogP contribution < -0.4 is 5.32 Å². The molecule has 2 heterocycles. The molecule has 0 radical (unpaired) electrons. The molecule has 0 amide bonds. The Bertz CT molecular complexity index is 368. The van der Waals surface area contributed by atoms with E-state index < -0.39 is 10.8 Å². The second-order valence-corrected chi connectivity index (χ2v) is 5.51. The molecule has 1 aliphatic rings. The molecular formula is C9H12ClN3OS. The number of nitrogens with one attached hydrogen (secondary N) is 1. The molecule has 6 heteroatoms. The van der Waals surface area contributed by atoms with Gasteiger partial charge in [-0.25, -0.2) is 9.97 Å². The number of piperidine rings is 1. The predicted molar refractivity (Wildman–Crippen MR) is 59.3 cm³/mol. The lowest BCUT2D eigenvalue weighted by molar-refractivity contribution is 0.519. The summed E-state index contributed by atoms with van der Waals surface area (Å²) >= 11 is 5.73. The van der Waals surface area contributed by atoms with Gasteiger partial charge in [-0.2, -0.15) is 0 Å². The summed E-state index contributed by atoms with van der Waals surface area (Å²) in [4.78, 5) is 7.76. The Hall–Kier alpha value is -0.520. The maximum Gasteiger partial charge on any atom is 0.133 e. The van der Waals surface area contributed by atoms with Gasteiger partial charge in [-0.05, 0) is 19.4 Å². The monoisotopic (exact) mass is 245 g/mol. The first kappa shape index (κ1) is 11.0. The third kappa shape index (κ3) is 2.74. The Morgan fingerprint density at radius 3 is 3.07 bits per heavy atom. The molecule has 0 saturated carbocycles. The quantitative estimate of drug-likeness (QED) is 0.790. The zero-order chi connectivity index (χ0) is 10.7. The molecule has 15 heavy (non-hydrogen) atoms. The lowest BCUT2D eigenvalue weighted by Gasteiger charge is -2.21. The van der Waals surface area contributed by atoms with Crippen molar-refractivity contribution >= 4 is 22.4 Å². The van der Waals surface area contributed by atoms with Gasteiger partial charge in [0, 0.05) is 12.6 Å². The van der Waals surface area contributed by atoms with Gasteiger partial charge in [0.2, 0.25) is 0 Å². The first-order valence-electron chi connectivity index (χ1n) is 4.86. The predicted octanol–water partition coefficient (Wildman–Crippen LogP) is 0.990. The molecule has 0 spiro atoms. The average Bonchev–Trinajstić information content (AvgIpc) is 2.29. The highest BCUT2D eigenvalue weighted by atomic mass is 35.5. The molecule has 2 rings (SSSR count). The van der Waals surface area contributed by atoms with Crippen molar-refractivity contribution < 1.29 is 4.21 Å². The number of halogens is 1. The molecule has 1 aromatic heterocycles. The smallest absolute Gasteiger partial charge is 0.133 e. The van der Waals surface area contributed by atoms with Crippen LogP contribution in [0.2, 0.25) is 5.15 Å². The third-order valence-electron chi connectivity index (χ3n) is 2.37. The van der Waals surface area contributed by atoms with Crippen molar-refractivity contribution in [3.63, 3.8) is 0 Å². The summed E-state index contributed by atoms with van der Waals surface area (Å²) in [5.74, 6) is 0. The van der Waals surface area contributed by atoms with E-state index in [9.17, 15) is 4.21 Å². The van der Waals surface area contributed by atoms with E-state index in [0.717, 1.165) is 25.9 Å². The van der Waals surface area contributed by atoms with Gasteiger partial charge in [-0.1, -0.05) is 11.6 Å². The summed E-state index contributed by atoms with van der Waals surface area (Å²) in [7, 11) is -1.08. The highest BCUT2D eigenvalue weighted by Crippen LogP contribution is 2.16. The largest absolute Gasteiger partial charge is 0.316 e. The van der Waals surface area contributed by atoms with Crippen molar-refractivity contribution in [2.45, 2.75) is 23.1 Å². The fraction of sp³-hybridized carbons (Fsp3) is 0.556. The van der Waals surface area contributed by atoms with E-state index in [1.807, 2.05) is 0 Å². The van der Waals surface area contributed by atoms with Crippen LogP contribution in [0.25, 0.3) is 0 Å². The van der Waals surface area contributed by atoms with E-state index in [1.54, 1.807) is 6.07 Å². The molecule has 0 unspecified atom stereocenters. The topological polar surface area (TPSA) is 54.9 Å². The highest BCUT2D eigenvalue weighted by molar-refractivity contribution is 7.85. The molecule has 0 aromatic carbocycles. The van der Waals surface area contributed by atoms with Gasteiger partial charge in [0.25, 0.3) is 0 Å². The van der Waals surface area contributed by atoms with Gasteiger partial charge in [0.05, 0.1) is 16.0 Å². The van der Waals surface area contributed by atoms with Gasteiger partial charge < -0.3 is 5.32 Å². The summed E-state index contributed by atoms with van der Waals surface area (Å²) in [6, 6.07) is 1.58. The third-order valence-corrected chi connectivity index (χ3v) is 4.22. The molecule has 2 atom stereocenters. The van der Waals surface area contributed by atoms with E-state index >= 15 is 0 Å². The van der Waals surface area contributed by atoms with Crippen molar-refractivity contribution in [2.75, 3.05) is 13.1 Å². The van der Waals surface area contributed by atoms with Gasteiger partial charge in [-0.15, -0.1) is 0 Å². The fourth-order valence-corrected chi connectivity index (χ4v) is 3.18. The van der Waals surface area contributed by atoms with Crippen LogP contribution in [-0.2, 0) is 10.8 Å². The first-order valence-corrected chi connectivity index (χ1v) is 6.45. The lowest BCUT2D eigenvalue weighted by atomic mass is 10.2. The van der Waals surface area contributed by atoms with E-state index in [4.69, 9.17) is 11.6 Å².